The first-order valence-electron chi connectivity index (χ1n) is 13.5. The van der Waals surface area contributed by atoms with Gasteiger partial charge >= 0.3 is 17.1 Å². The minimum atomic E-state index is -0.852. The van der Waals surface area contributed by atoms with Crippen molar-refractivity contribution < 1.29 is 17.1 Å². The zero-order valence-corrected chi connectivity index (χ0v) is 26.9. The van der Waals surface area contributed by atoms with E-state index in [4.69, 9.17) is 20.8 Å². The Morgan fingerprint density at radius 1 is 0.488 bits per heavy atom. The summed E-state index contributed by atoms with van der Waals surface area (Å²) < 4.78 is 0. The van der Waals surface area contributed by atoms with Crippen molar-refractivity contribution >= 4 is 61.9 Å². The summed E-state index contributed by atoms with van der Waals surface area (Å²) in [5.74, 6) is 0. The zero-order valence-electron chi connectivity index (χ0n) is 23.8. The largest absolute Gasteiger partial charge is 2.00 e. The van der Waals surface area contributed by atoms with Gasteiger partial charge in [-0.1, -0.05) is 86.6 Å². The van der Waals surface area contributed by atoms with E-state index in [1.165, 1.54) is 21.2 Å². The van der Waals surface area contributed by atoms with E-state index < -0.39 is 15.8 Å². The topological polar surface area (TPSA) is 69.3 Å². The summed E-state index contributed by atoms with van der Waals surface area (Å²) in [6.07, 6.45) is 8.23. The van der Waals surface area contributed by atoms with E-state index >= 15 is 0 Å². The third-order valence-corrected chi connectivity index (χ3v) is 11.0. The average molecular weight is 623 g/mol. The molecule has 41 heavy (non-hydrogen) atoms. The minimum Gasteiger partial charge on any atom is -0.814 e. The van der Waals surface area contributed by atoms with E-state index in [9.17, 15) is 0 Å². The molecular formula is C34H40FeN4P2+2. The summed E-state index contributed by atoms with van der Waals surface area (Å²) in [5.41, 5.74) is 0. The molecule has 0 N–H and O–H groups in total. The van der Waals surface area contributed by atoms with Crippen molar-refractivity contribution in [1.82, 2.24) is 0 Å². The summed E-state index contributed by atoms with van der Waals surface area (Å²) >= 11 is 0. The Labute approximate surface area is 259 Å². The molecule has 212 valence electrons. The number of benzene rings is 4. The molecule has 0 aliphatic rings. The van der Waals surface area contributed by atoms with E-state index in [1.54, 1.807) is 13.8 Å². The standard InChI is InChI=1S/C30H30N2P2.2C2H4N.Fe/c1-5-13-27(14-6-1)33(28-15-7-2-8-16-28)25-23-31-21-22-32-24-26-34(29-17-9-3-10-18-29)30-19-11-4-12-20-30;2*1-2-3;/h1-20,23-24H,21-22,25-26H2;2*2H,1H3;/q;2*-1;+2/p+2. The quantitative estimate of drug-likeness (QED) is 0.0834. The molecule has 0 saturated heterocycles. The van der Waals surface area contributed by atoms with Gasteiger partial charge in [-0.2, -0.15) is 0 Å². The fourth-order valence-electron chi connectivity index (χ4n) is 3.97. The maximum atomic E-state index is 7.44. The summed E-state index contributed by atoms with van der Waals surface area (Å²) in [6, 6.07) is 43.4. The van der Waals surface area contributed by atoms with E-state index in [2.05, 4.69) is 134 Å². The Bertz CT molecular complexity index is 1080. The Kier molecular flexibility index (Phi) is 20.7. The maximum Gasteiger partial charge on any atom is 2.00 e. The molecule has 4 rings (SSSR count). The van der Waals surface area contributed by atoms with Crippen LogP contribution in [0, 0.1) is 0 Å². The number of aliphatic imine (C=N–C) groups is 2. The van der Waals surface area contributed by atoms with Crippen LogP contribution < -0.4 is 21.2 Å². The predicted molar refractivity (Wildman–Crippen MR) is 188 cm³/mol. The molecular weight excluding hydrogens is 582 g/mol. The third-order valence-electron chi connectivity index (χ3n) is 5.70. The third kappa shape index (κ3) is 14.4. The molecule has 0 bridgehead atoms. The van der Waals surface area contributed by atoms with Gasteiger partial charge in [-0.15, -0.1) is 0 Å². The molecule has 0 radical (unpaired) electrons. The van der Waals surface area contributed by atoms with E-state index in [0.717, 1.165) is 37.8 Å². The summed E-state index contributed by atoms with van der Waals surface area (Å²) in [5, 5.41) is 20.6. The molecule has 0 atom stereocenters. The number of hydrogen-bond donors (Lipinski definition) is 0. The Morgan fingerprint density at radius 2 is 0.707 bits per heavy atom. The molecule has 7 heteroatoms. The van der Waals surface area contributed by atoms with Crippen molar-refractivity contribution in [1.29, 1.82) is 0 Å². The van der Waals surface area contributed by atoms with Gasteiger partial charge in [-0.3, -0.25) is 9.98 Å². The number of hydrogen-bond acceptors (Lipinski definition) is 2. The average Bonchev–Trinajstić information content (AvgIpc) is 3.01. The van der Waals surface area contributed by atoms with Crippen molar-refractivity contribution in [2.24, 2.45) is 9.98 Å². The van der Waals surface area contributed by atoms with Crippen LogP contribution in [0.4, 0.5) is 0 Å². The summed E-state index contributed by atoms with van der Waals surface area (Å²) in [4.78, 5) is 9.38. The van der Waals surface area contributed by atoms with Gasteiger partial charge in [0.1, 0.15) is 12.3 Å². The van der Waals surface area contributed by atoms with Crippen LogP contribution in [0.2, 0.25) is 0 Å². The minimum absolute atomic E-state index is 0. The first-order valence-corrected chi connectivity index (χ1v) is 16.9. The summed E-state index contributed by atoms with van der Waals surface area (Å²) in [6.45, 7) is 4.60. The Morgan fingerprint density at radius 3 is 0.927 bits per heavy atom. The van der Waals surface area contributed by atoms with Crippen LogP contribution in [0.5, 0.6) is 0 Å². The van der Waals surface area contributed by atoms with Gasteiger partial charge in [0.05, 0.1) is 50.2 Å². The maximum absolute atomic E-state index is 7.44. The van der Waals surface area contributed by atoms with Crippen molar-refractivity contribution in [3.05, 3.63) is 132 Å². The Balaban J connectivity index is 0.00000111. The molecule has 4 nitrogen and oxygen atoms in total. The van der Waals surface area contributed by atoms with Gasteiger partial charge < -0.3 is 10.8 Å². The smallest absolute Gasteiger partial charge is 0.814 e. The van der Waals surface area contributed by atoms with Crippen LogP contribution in [-0.2, 0) is 17.1 Å². The van der Waals surface area contributed by atoms with Gasteiger partial charge in [-0.05, 0) is 48.5 Å². The zero-order chi connectivity index (χ0) is 28.7. The van der Waals surface area contributed by atoms with Gasteiger partial charge in [0.25, 0.3) is 0 Å². The van der Waals surface area contributed by atoms with Crippen molar-refractivity contribution in [2.75, 3.05) is 25.4 Å². The first-order chi connectivity index (χ1) is 19.7. The molecule has 0 fully saturated rings. The fourth-order valence-corrected chi connectivity index (χ4v) is 8.58. The monoisotopic (exact) mass is 622 g/mol. The molecule has 0 spiro atoms. The van der Waals surface area contributed by atoms with Gasteiger partial charge in [0, 0.05) is 12.4 Å². The molecule has 0 amide bonds. The fraction of sp³-hybridized carbons (Fsp3) is 0.176. The molecule has 0 aliphatic carbocycles. The molecule has 4 aromatic carbocycles. The normalized spacial score (nSPS) is 10.3. The molecule has 4 aromatic rings. The first kappa shape index (κ1) is 36.0. The Hall–Kier alpha value is -3.06. The van der Waals surface area contributed by atoms with Crippen LogP contribution in [0.3, 0.4) is 0 Å². The summed E-state index contributed by atoms with van der Waals surface area (Å²) in [7, 11) is -1.70. The van der Waals surface area contributed by atoms with Crippen molar-refractivity contribution in [3.63, 3.8) is 0 Å². The second-order valence-electron chi connectivity index (χ2n) is 8.52. The molecule has 0 unspecified atom stereocenters. The van der Waals surface area contributed by atoms with Crippen LogP contribution in [0.1, 0.15) is 13.8 Å². The second kappa shape index (κ2) is 23.6. The molecule has 0 aromatic heterocycles. The van der Waals surface area contributed by atoms with E-state index in [-0.39, 0.29) is 17.1 Å². The predicted octanol–water partition coefficient (Wildman–Crippen LogP) is 6.15. The van der Waals surface area contributed by atoms with Crippen LogP contribution in [0.25, 0.3) is 10.8 Å². The van der Waals surface area contributed by atoms with Crippen LogP contribution in [0.15, 0.2) is 131 Å². The van der Waals surface area contributed by atoms with Crippen molar-refractivity contribution in [2.45, 2.75) is 13.8 Å². The number of nitrogens with zero attached hydrogens (tertiary/aromatic N) is 4. The van der Waals surface area contributed by atoms with E-state index in [1.807, 2.05) is 0 Å². The molecule has 0 heterocycles. The second-order valence-corrected chi connectivity index (χ2v) is 13.6. The van der Waals surface area contributed by atoms with Gasteiger partial charge in [-0.25, -0.2) is 12.4 Å². The van der Waals surface area contributed by atoms with Gasteiger partial charge in [0.2, 0.25) is 0 Å². The van der Waals surface area contributed by atoms with E-state index in [0.29, 0.717) is 0 Å². The van der Waals surface area contributed by atoms with Crippen LogP contribution in [-0.4, -0.2) is 50.3 Å². The number of rotatable bonds is 11. The van der Waals surface area contributed by atoms with Gasteiger partial charge in [0.15, 0.2) is 0 Å². The van der Waals surface area contributed by atoms with Crippen molar-refractivity contribution in [3.8, 4) is 0 Å². The molecule has 0 saturated carbocycles. The molecule has 0 aliphatic heterocycles. The SMILES string of the molecule is C(C[PH+](c1ccccc1)c1ccccc1)=NCCN=CC[PH+](c1ccccc1)c1ccccc1.CC=[N-].CC=[N-].[Fe+2]. The van der Waals surface area contributed by atoms with Crippen LogP contribution >= 0.6 is 15.8 Å².